The summed E-state index contributed by atoms with van der Waals surface area (Å²) in [5.74, 6) is -0.0796. The molecule has 0 N–H and O–H groups in total. The van der Waals surface area contributed by atoms with Crippen LogP contribution in [0.3, 0.4) is 0 Å². The summed E-state index contributed by atoms with van der Waals surface area (Å²) in [6, 6.07) is 12.0. The molecular formula is C20H15NO7. The van der Waals surface area contributed by atoms with Crippen molar-refractivity contribution in [1.82, 2.24) is 0 Å². The minimum absolute atomic E-state index is 0.0360. The van der Waals surface area contributed by atoms with Crippen LogP contribution in [0.15, 0.2) is 63.8 Å². The Morgan fingerprint density at radius 3 is 2.61 bits per heavy atom. The van der Waals surface area contributed by atoms with Crippen LogP contribution in [0.1, 0.15) is 11.1 Å². The highest BCUT2D eigenvalue weighted by Crippen LogP contribution is 2.23. The summed E-state index contributed by atoms with van der Waals surface area (Å²) in [7, 11) is 1.50. The van der Waals surface area contributed by atoms with E-state index in [1.807, 2.05) is 0 Å². The second kappa shape index (κ2) is 8.17. The third kappa shape index (κ3) is 4.42. The molecule has 0 radical (unpaired) electrons. The number of rotatable bonds is 6. The molecule has 0 aliphatic carbocycles. The standard InChI is InChI=1S/C20H15NO7/c1-26-16-7-8-17-14(10-20(23)28-18(17)11-16)12-27-19(22)9-4-13-2-5-15(6-3-13)21(24)25/h2-11H,12H2,1H3. The molecule has 0 saturated carbocycles. The second-order valence-corrected chi connectivity index (χ2v) is 5.74. The van der Waals surface area contributed by atoms with Crippen molar-refractivity contribution in [2.45, 2.75) is 6.61 Å². The average Bonchev–Trinajstić information content (AvgIpc) is 2.70. The fourth-order valence-corrected chi connectivity index (χ4v) is 2.53. The van der Waals surface area contributed by atoms with Crippen molar-refractivity contribution >= 4 is 28.7 Å². The van der Waals surface area contributed by atoms with Crippen molar-refractivity contribution in [3.8, 4) is 5.75 Å². The number of ether oxygens (including phenoxy) is 2. The zero-order valence-corrected chi connectivity index (χ0v) is 14.8. The largest absolute Gasteiger partial charge is 0.497 e. The molecule has 0 amide bonds. The number of nitrogens with zero attached hydrogens (tertiary/aromatic N) is 1. The first-order valence-electron chi connectivity index (χ1n) is 8.16. The molecule has 0 saturated heterocycles. The molecule has 3 aromatic rings. The van der Waals surface area contributed by atoms with Gasteiger partial charge in [0.15, 0.2) is 0 Å². The lowest BCUT2D eigenvalue weighted by Crippen LogP contribution is -2.05. The topological polar surface area (TPSA) is 109 Å². The number of non-ortho nitro benzene ring substituents is 1. The molecule has 0 atom stereocenters. The molecule has 0 spiro atoms. The van der Waals surface area contributed by atoms with Gasteiger partial charge in [0.05, 0.1) is 12.0 Å². The Hall–Kier alpha value is -3.94. The van der Waals surface area contributed by atoms with Crippen LogP contribution in [0, 0.1) is 10.1 Å². The summed E-state index contributed by atoms with van der Waals surface area (Å²) in [6.07, 6.45) is 2.69. The molecule has 0 aliphatic heterocycles. The molecule has 1 aromatic heterocycles. The smallest absolute Gasteiger partial charge is 0.336 e. The van der Waals surface area contributed by atoms with E-state index in [2.05, 4.69) is 0 Å². The van der Waals surface area contributed by atoms with E-state index in [-0.39, 0.29) is 12.3 Å². The highest BCUT2D eigenvalue weighted by Gasteiger charge is 2.09. The predicted molar refractivity (Wildman–Crippen MR) is 101 cm³/mol. The van der Waals surface area contributed by atoms with E-state index in [0.29, 0.717) is 27.8 Å². The SMILES string of the molecule is COc1ccc2c(COC(=O)C=Cc3ccc([N+](=O)[O-])cc3)cc(=O)oc2c1. The van der Waals surface area contributed by atoms with Crippen molar-refractivity contribution in [2.24, 2.45) is 0 Å². The van der Waals surface area contributed by atoms with E-state index >= 15 is 0 Å². The number of nitro groups is 1. The molecule has 0 unspecified atom stereocenters. The van der Waals surface area contributed by atoms with Crippen molar-refractivity contribution in [1.29, 1.82) is 0 Å². The number of fused-ring (bicyclic) bond motifs is 1. The van der Waals surface area contributed by atoms with E-state index in [0.717, 1.165) is 0 Å². The molecule has 0 bridgehead atoms. The molecule has 8 nitrogen and oxygen atoms in total. The van der Waals surface area contributed by atoms with Crippen LogP contribution < -0.4 is 10.4 Å². The maximum Gasteiger partial charge on any atom is 0.336 e. The van der Waals surface area contributed by atoms with Gasteiger partial charge in [-0.3, -0.25) is 10.1 Å². The van der Waals surface area contributed by atoms with E-state index in [4.69, 9.17) is 13.9 Å². The molecule has 0 aliphatic rings. The van der Waals surface area contributed by atoms with Gasteiger partial charge in [0, 0.05) is 41.3 Å². The van der Waals surface area contributed by atoms with Gasteiger partial charge in [0.1, 0.15) is 17.9 Å². The van der Waals surface area contributed by atoms with Crippen molar-refractivity contribution in [2.75, 3.05) is 7.11 Å². The first-order chi connectivity index (χ1) is 13.5. The highest BCUT2D eigenvalue weighted by atomic mass is 16.6. The first-order valence-corrected chi connectivity index (χ1v) is 8.16. The summed E-state index contributed by atoms with van der Waals surface area (Å²) in [5.41, 5.74) is 0.852. The van der Waals surface area contributed by atoms with Crippen molar-refractivity contribution in [3.05, 3.63) is 86.3 Å². The third-order valence-electron chi connectivity index (χ3n) is 3.92. The number of hydrogen-bond donors (Lipinski definition) is 0. The Labute approximate surface area is 158 Å². The first kappa shape index (κ1) is 18.8. The molecule has 142 valence electrons. The second-order valence-electron chi connectivity index (χ2n) is 5.74. The van der Waals surface area contributed by atoms with Crippen LogP contribution in [-0.4, -0.2) is 18.0 Å². The lowest BCUT2D eigenvalue weighted by Gasteiger charge is -2.07. The van der Waals surface area contributed by atoms with Crippen LogP contribution in [0.2, 0.25) is 0 Å². The summed E-state index contributed by atoms with van der Waals surface area (Å²) in [6.45, 7) is -0.113. The number of benzene rings is 2. The maximum absolute atomic E-state index is 11.9. The van der Waals surface area contributed by atoms with E-state index < -0.39 is 16.5 Å². The van der Waals surface area contributed by atoms with Gasteiger partial charge in [-0.05, 0) is 35.9 Å². The number of methoxy groups -OCH3 is 1. The van der Waals surface area contributed by atoms with Gasteiger partial charge in [0.25, 0.3) is 5.69 Å². The fraction of sp³-hybridized carbons (Fsp3) is 0.100. The number of nitro benzene ring substituents is 1. The fourth-order valence-electron chi connectivity index (χ4n) is 2.53. The summed E-state index contributed by atoms with van der Waals surface area (Å²) < 4.78 is 15.4. The molecule has 3 rings (SSSR count). The third-order valence-corrected chi connectivity index (χ3v) is 3.92. The molecule has 28 heavy (non-hydrogen) atoms. The highest BCUT2D eigenvalue weighted by molar-refractivity contribution is 5.87. The Morgan fingerprint density at radius 1 is 1.18 bits per heavy atom. The number of carbonyl (C=O) groups is 1. The van der Waals surface area contributed by atoms with Crippen LogP contribution in [-0.2, 0) is 16.1 Å². The van der Waals surface area contributed by atoms with E-state index in [1.165, 1.54) is 49.6 Å². The number of esters is 1. The number of hydrogen-bond acceptors (Lipinski definition) is 7. The minimum atomic E-state index is -0.617. The van der Waals surface area contributed by atoms with Crippen molar-refractivity contribution in [3.63, 3.8) is 0 Å². The average molecular weight is 381 g/mol. The summed E-state index contributed by atoms with van der Waals surface area (Å²) in [5, 5.41) is 11.3. The Balaban J connectivity index is 1.70. The van der Waals surface area contributed by atoms with Gasteiger partial charge in [-0.25, -0.2) is 9.59 Å². The zero-order valence-electron chi connectivity index (χ0n) is 14.8. The normalized spacial score (nSPS) is 10.9. The van der Waals surface area contributed by atoms with Crippen LogP contribution in [0.4, 0.5) is 5.69 Å². The zero-order chi connectivity index (χ0) is 20.1. The molecule has 8 heteroatoms. The molecule has 0 fully saturated rings. The van der Waals surface area contributed by atoms with E-state index in [1.54, 1.807) is 18.2 Å². The Bertz CT molecular complexity index is 1110. The summed E-state index contributed by atoms with van der Waals surface area (Å²) in [4.78, 5) is 33.8. The monoisotopic (exact) mass is 381 g/mol. The van der Waals surface area contributed by atoms with Gasteiger partial charge >= 0.3 is 11.6 Å². The van der Waals surface area contributed by atoms with Gasteiger partial charge in [-0.15, -0.1) is 0 Å². The van der Waals surface area contributed by atoms with Gasteiger partial charge < -0.3 is 13.9 Å². The molecule has 2 aromatic carbocycles. The summed E-state index contributed by atoms with van der Waals surface area (Å²) >= 11 is 0. The van der Waals surface area contributed by atoms with Gasteiger partial charge in [-0.2, -0.15) is 0 Å². The lowest BCUT2D eigenvalue weighted by atomic mass is 10.1. The van der Waals surface area contributed by atoms with Gasteiger partial charge in [0.2, 0.25) is 0 Å². The lowest BCUT2D eigenvalue weighted by molar-refractivity contribution is -0.384. The maximum atomic E-state index is 11.9. The Morgan fingerprint density at radius 2 is 1.93 bits per heavy atom. The van der Waals surface area contributed by atoms with Crippen LogP contribution in [0.25, 0.3) is 17.0 Å². The molecular weight excluding hydrogens is 366 g/mol. The van der Waals surface area contributed by atoms with Crippen LogP contribution in [0.5, 0.6) is 5.75 Å². The Kier molecular flexibility index (Phi) is 5.50. The van der Waals surface area contributed by atoms with Gasteiger partial charge in [-0.1, -0.05) is 0 Å². The quantitative estimate of drug-likeness (QED) is 0.211. The minimum Gasteiger partial charge on any atom is -0.497 e. The van der Waals surface area contributed by atoms with E-state index in [9.17, 15) is 19.7 Å². The predicted octanol–water partition coefficient (Wildman–Crippen LogP) is 3.47. The van der Waals surface area contributed by atoms with Crippen molar-refractivity contribution < 1.29 is 23.6 Å². The molecule has 1 heterocycles. The number of carbonyl (C=O) groups excluding carboxylic acids is 1. The van der Waals surface area contributed by atoms with Crippen LogP contribution >= 0.6 is 0 Å².